The van der Waals surface area contributed by atoms with E-state index in [4.69, 9.17) is 4.74 Å². The summed E-state index contributed by atoms with van der Waals surface area (Å²) in [5, 5.41) is 0. The number of carbonyl (C=O) groups excluding carboxylic acids is 1. The monoisotopic (exact) mass is 222 g/mol. The highest BCUT2D eigenvalue weighted by molar-refractivity contribution is 5.65. The summed E-state index contributed by atoms with van der Waals surface area (Å²) in [4.78, 5) is 10.4. The van der Waals surface area contributed by atoms with E-state index >= 15 is 0 Å². The predicted octanol–water partition coefficient (Wildman–Crippen LogP) is 3.80. The molecule has 0 N–H and O–H groups in total. The Labute approximate surface area is 98.7 Å². The van der Waals surface area contributed by atoms with Gasteiger partial charge < -0.3 is 4.74 Å². The number of rotatable bonds is 8. The Hall–Kier alpha value is -1.31. The Morgan fingerprint density at radius 2 is 1.81 bits per heavy atom. The van der Waals surface area contributed by atoms with Gasteiger partial charge in [-0.15, -0.1) is 0 Å². The Bertz CT molecular complexity index is 249. The SMILES string of the molecule is CCC/C=C/C=C\C/C=C\CCOC(C)=O. The van der Waals surface area contributed by atoms with Crippen molar-refractivity contribution in [2.45, 2.75) is 39.5 Å². The normalized spacial score (nSPS) is 11.9. The molecule has 90 valence electrons. The third-order valence-electron chi connectivity index (χ3n) is 1.87. The van der Waals surface area contributed by atoms with Crippen molar-refractivity contribution < 1.29 is 9.53 Å². The molecular formula is C14H22O2. The summed E-state index contributed by atoms with van der Waals surface area (Å²) >= 11 is 0. The zero-order valence-electron chi connectivity index (χ0n) is 10.3. The molecule has 0 unspecified atom stereocenters. The Balaban J connectivity index is 3.36. The predicted molar refractivity (Wildman–Crippen MR) is 68.2 cm³/mol. The molecule has 2 heteroatoms. The molecule has 0 aromatic rings. The van der Waals surface area contributed by atoms with E-state index in [2.05, 4.69) is 37.3 Å². The largest absolute Gasteiger partial charge is 0.466 e. The van der Waals surface area contributed by atoms with Crippen molar-refractivity contribution in [2.24, 2.45) is 0 Å². The van der Waals surface area contributed by atoms with E-state index in [1.54, 1.807) is 0 Å². The first-order valence-corrected chi connectivity index (χ1v) is 5.87. The number of unbranched alkanes of at least 4 members (excludes halogenated alkanes) is 1. The van der Waals surface area contributed by atoms with Gasteiger partial charge in [0.05, 0.1) is 6.61 Å². The molecule has 0 aromatic heterocycles. The minimum absolute atomic E-state index is 0.214. The molecule has 16 heavy (non-hydrogen) atoms. The number of esters is 1. The van der Waals surface area contributed by atoms with Crippen molar-refractivity contribution in [3.8, 4) is 0 Å². The fourth-order valence-electron chi connectivity index (χ4n) is 1.06. The summed E-state index contributed by atoms with van der Waals surface area (Å²) < 4.78 is 4.79. The molecule has 0 heterocycles. The van der Waals surface area contributed by atoms with Crippen molar-refractivity contribution in [1.82, 2.24) is 0 Å². The molecule has 0 amide bonds. The maximum atomic E-state index is 10.4. The number of hydrogen-bond donors (Lipinski definition) is 0. The van der Waals surface area contributed by atoms with Gasteiger partial charge in [0.25, 0.3) is 0 Å². The standard InChI is InChI=1S/C14H22O2/c1-3-4-5-6-7-8-9-10-11-12-13-16-14(2)15/h5-8,10-11H,3-4,9,12-13H2,1-2H3/b6-5+,8-7-,11-10-. The second-order valence-electron chi connectivity index (χ2n) is 3.48. The van der Waals surface area contributed by atoms with Crippen LogP contribution in [0.5, 0.6) is 0 Å². The Morgan fingerprint density at radius 3 is 2.50 bits per heavy atom. The smallest absolute Gasteiger partial charge is 0.302 e. The van der Waals surface area contributed by atoms with E-state index in [-0.39, 0.29) is 5.97 Å². The molecule has 0 aliphatic carbocycles. The summed E-state index contributed by atoms with van der Waals surface area (Å²) in [6.45, 7) is 4.07. The van der Waals surface area contributed by atoms with Crippen LogP contribution in [0.4, 0.5) is 0 Å². The Kier molecular flexibility index (Phi) is 10.8. The maximum absolute atomic E-state index is 10.4. The van der Waals surface area contributed by atoms with Gasteiger partial charge in [0.2, 0.25) is 0 Å². The van der Waals surface area contributed by atoms with Crippen LogP contribution in [0, 0.1) is 0 Å². The van der Waals surface area contributed by atoms with Gasteiger partial charge in [-0.1, -0.05) is 49.8 Å². The second kappa shape index (κ2) is 11.8. The lowest BCUT2D eigenvalue weighted by molar-refractivity contribution is -0.140. The maximum Gasteiger partial charge on any atom is 0.302 e. The summed E-state index contributed by atoms with van der Waals surface area (Å²) in [7, 11) is 0. The van der Waals surface area contributed by atoms with Crippen LogP contribution in [0.25, 0.3) is 0 Å². The van der Waals surface area contributed by atoms with Crippen LogP contribution in [0.2, 0.25) is 0 Å². The van der Waals surface area contributed by atoms with E-state index < -0.39 is 0 Å². The van der Waals surface area contributed by atoms with Gasteiger partial charge in [0.1, 0.15) is 0 Å². The van der Waals surface area contributed by atoms with Crippen molar-refractivity contribution in [1.29, 1.82) is 0 Å². The zero-order valence-corrected chi connectivity index (χ0v) is 10.3. The van der Waals surface area contributed by atoms with Gasteiger partial charge in [-0.2, -0.15) is 0 Å². The molecule has 0 saturated heterocycles. The first kappa shape index (κ1) is 14.7. The molecule has 0 radical (unpaired) electrons. The third kappa shape index (κ3) is 12.7. The number of allylic oxidation sites excluding steroid dienone is 5. The molecule has 0 atom stereocenters. The molecular weight excluding hydrogens is 200 g/mol. The lowest BCUT2D eigenvalue weighted by Crippen LogP contribution is -1.98. The molecule has 0 saturated carbocycles. The minimum atomic E-state index is -0.214. The van der Waals surface area contributed by atoms with Crippen LogP contribution in [-0.2, 0) is 9.53 Å². The average Bonchev–Trinajstić information content (AvgIpc) is 2.25. The molecule has 0 aliphatic heterocycles. The topological polar surface area (TPSA) is 26.3 Å². The van der Waals surface area contributed by atoms with E-state index in [0.29, 0.717) is 6.61 Å². The first-order valence-electron chi connectivity index (χ1n) is 5.87. The van der Waals surface area contributed by atoms with Crippen LogP contribution in [0.3, 0.4) is 0 Å². The van der Waals surface area contributed by atoms with Gasteiger partial charge in [-0.25, -0.2) is 0 Å². The minimum Gasteiger partial charge on any atom is -0.466 e. The van der Waals surface area contributed by atoms with Crippen LogP contribution in [0.1, 0.15) is 39.5 Å². The fraction of sp³-hybridized carbons (Fsp3) is 0.500. The van der Waals surface area contributed by atoms with Crippen molar-refractivity contribution in [3.63, 3.8) is 0 Å². The Morgan fingerprint density at radius 1 is 1.06 bits per heavy atom. The zero-order chi connectivity index (χ0) is 12.1. The fourth-order valence-corrected chi connectivity index (χ4v) is 1.06. The first-order chi connectivity index (χ1) is 7.77. The van der Waals surface area contributed by atoms with Crippen LogP contribution >= 0.6 is 0 Å². The molecule has 0 rings (SSSR count). The molecule has 0 fully saturated rings. The van der Waals surface area contributed by atoms with Gasteiger partial charge in [-0.05, 0) is 19.3 Å². The summed E-state index contributed by atoms with van der Waals surface area (Å²) in [6, 6.07) is 0. The van der Waals surface area contributed by atoms with Gasteiger partial charge >= 0.3 is 5.97 Å². The average molecular weight is 222 g/mol. The molecule has 0 spiro atoms. The van der Waals surface area contributed by atoms with Crippen LogP contribution in [-0.4, -0.2) is 12.6 Å². The van der Waals surface area contributed by atoms with Gasteiger partial charge in [0, 0.05) is 6.92 Å². The van der Waals surface area contributed by atoms with E-state index in [1.807, 2.05) is 6.08 Å². The number of hydrogen-bond acceptors (Lipinski definition) is 2. The van der Waals surface area contributed by atoms with Crippen molar-refractivity contribution in [2.75, 3.05) is 6.61 Å². The quantitative estimate of drug-likeness (QED) is 0.270. The van der Waals surface area contributed by atoms with Crippen molar-refractivity contribution in [3.05, 3.63) is 36.5 Å². The summed E-state index contributed by atoms with van der Waals surface area (Å²) in [5.74, 6) is -0.214. The van der Waals surface area contributed by atoms with Gasteiger partial charge in [-0.3, -0.25) is 4.79 Å². The molecule has 0 aliphatic rings. The van der Waals surface area contributed by atoms with Crippen molar-refractivity contribution >= 4 is 5.97 Å². The number of ether oxygens (including phenoxy) is 1. The lowest BCUT2D eigenvalue weighted by atomic mass is 10.3. The molecule has 0 bridgehead atoms. The lowest BCUT2D eigenvalue weighted by Gasteiger charge is -1.95. The highest BCUT2D eigenvalue weighted by Gasteiger charge is 1.87. The summed E-state index contributed by atoms with van der Waals surface area (Å²) in [5.41, 5.74) is 0. The molecule has 0 aromatic carbocycles. The van der Waals surface area contributed by atoms with Crippen LogP contribution in [0.15, 0.2) is 36.5 Å². The number of carbonyl (C=O) groups is 1. The van der Waals surface area contributed by atoms with E-state index in [9.17, 15) is 4.79 Å². The van der Waals surface area contributed by atoms with Gasteiger partial charge in [0.15, 0.2) is 0 Å². The highest BCUT2D eigenvalue weighted by atomic mass is 16.5. The van der Waals surface area contributed by atoms with Crippen LogP contribution < -0.4 is 0 Å². The highest BCUT2D eigenvalue weighted by Crippen LogP contribution is 1.93. The van der Waals surface area contributed by atoms with E-state index in [1.165, 1.54) is 13.3 Å². The molecule has 2 nitrogen and oxygen atoms in total. The third-order valence-corrected chi connectivity index (χ3v) is 1.87. The second-order valence-corrected chi connectivity index (χ2v) is 3.48. The summed E-state index contributed by atoms with van der Waals surface area (Å²) in [6.07, 6.45) is 16.6. The van der Waals surface area contributed by atoms with E-state index in [0.717, 1.165) is 19.3 Å².